The molecule has 1 heterocycles. The van der Waals surface area contributed by atoms with Crippen molar-refractivity contribution in [2.75, 3.05) is 11.0 Å². The third kappa shape index (κ3) is 6.19. The maximum absolute atomic E-state index is 13.1. The Bertz CT molecular complexity index is 1410. The topological polar surface area (TPSA) is 102 Å². The molecule has 4 rings (SSSR count). The van der Waals surface area contributed by atoms with E-state index in [0.29, 0.717) is 34.5 Å². The molecule has 3 aromatic carbocycles. The summed E-state index contributed by atoms with van der Waals surface area (Å²) < 4.78 is 63.6. The van der Waals surface area contributed by atoms with Crippen molar-refractivity contribution in [2.24, 2.45) is 0 Å². The Morgan fingerprint density at radius 3 is 2.57 bits per heavy atom. The molecule has 196 valence electrons. The monoisotopic (exact) mass is 531 g/mol. The normalized spacial score (nSPS) is 15.3. The Hall–Kier alpha value is -3.66. The standard InChI is InChI=1S/C27H27F2NO6S/c1-3-16(10-13-24(31)32)17-6-4-7-18(14-17)26-21-15-19(30-37(2,33)34)11-12-20(21)25-22(35-26)8-5-9-23(25)36-27(28)29/h4-9,11-12,14-16,26-27,30H,3,10,13H2,1-2H3,(H,31,32). The summed E-state index contributed by atoms with van der Waals surface area (Å²) in [5.41, 5.74) is 3.51. The number of alkyl halides is 2. The molecule has 0 radical (unpaired) electrons. The van der Waals surface area contributed by atoms with Crippen molar-refractivity contribution >= 4 is 21.7 Å². The van der Waals surface area contributed by atoms with Gasteiger partial charge in [-0.25, -0.2) is 8.42 Å². The van der Waals surface area contributed by atoms with Crippen LogP contribution in [0.1, 0.15) is 54.9 Å². The highest BCUT2D eigenvalue weighted by atomic mass is 32.2. The average Bonchev–Trinajstić information content (AvgIpc) is 2.82. The van der Waals surface area contributed by atoms with Crippen molar-refractivity contribution in [1.82, 2.24) is 0 Å². The zero-order chi connectivity index (χ0) is 26.7. The zero-order valence-electron chi connectivity index (χ0n) is 20.3. The molecule has 37 heavy (non-hydrogen) atoms. The summed E-state index contributed by atoms with van der Waals surface area (Å²) in [6, 6.07) is 17.1. The number of carboxylic acid groups (broad SMARTS) is 1. The van der Waals surface area contributed by atoms with Crippen LogP contribution in [-0.4, -0.2) is 32.4 Å². The second kappa shape index (κ2) is 10.8. The van der Waals surface area contributed by atoms with Crippen LogP contribution in [0.2, 0.25) is 0 Å². The van der Waals surface area contributed by atoms with Crippen molar-refractivity contribution in [2.45, 2.75) is 44.8 Å². The molecule has 0 saturated carbocycles. The highest BCUT2D eigenvalue weighted by Gasteiger charge is 2.31. The number of fused-ring (bicyclic) bond motifs is 3. The summed E-state index contributed by atoms with van der Waals surface area (Å²) in [5, 5.41) is 9.12. The van der Waals surface area contributed by atoms with Gasteiger partial charge < -0.3 is 14.6 Å². The van der Waals surface area contributed by atoms with Gasteiger partial charge in [-0.05, 0) is 59.7 Å². The van der Waals surface area contributed by atoms with Crippen LogP contribution >= 0.6 is 0 Å². The number of rotatable bonds is 10. The molecule has 2 N–H and O–H groups in total. The molecule has 2 atom stereocenters. The molecule has 7 nitrogen and oxygen atoms in total. The summed E-state index contributed by atoms with van der Waals surface area (Å²) in [6.07, 6.45) is 1.64. The predicted molar refractivity (Wildman–Crippen MR) is 136 cm³/mol. The van der Waals surface area contributed by atoms with Gasteiger partial charge in [0.25, 0.3) is 0 Å². The fraction of sp³-hybridized carbons (Fsp3) is 0.296. The van der Waals surface area contributed by atoms with Crippen LogP contribution in [0, 0.1) is 0 Å². The first kappa shape index (κ1) is 26.4. The van der Waals surface area contributed by atoms with Gasteiger partial charge in [-0.15, -0.1) is 0 Å². The molecule has 0 saturated heterocycles. The van der Waals surface area contributed by atoms with Gasteiger partial charge in [0.15, 0.2) is 0 Å². The second-order valence-electron chi connectivity index (χ2n) is 8.89. The lowest BCUT2D eigenvalue weighted by atomic mass is 9.86. The average molecular weight is 532 g/mol. The Balaban J connectivity index is 1.83. The number of sulfonamides is 1. The Labute approximate surface area is 214 Å². The summed E-state index contributed by atoms with van der Waals surface area (Å²) in [6.45, 7) is -1.04. The zero-order valence-corrected chi connectivity index (χ0v) is 21.1. The van der Waals surface area contributed by atoms with E-state index in [1.54, 1.807) is 30.3 Å². The summed E-state index contributed by atoms with van der Waals surface area (Å²) in [7, 11) is -3.57. The van der Waals surface area contributed by atoms with Gasteiger partial charge in [0, 0.05) is 17.7 Å². The number of ether oxygens (including phenoxy) is 2. The molecular formula is C27H27F2NO6S. The molecule has 0 fully saturated rings. The van der Waals surface area contributed by atoms with E-state index in [9.17, 15) is 22.0 Å². The number of hydrogen-bond donors (Lipinski definition) is 2. The molecule has 0 spiro atoms. The number of halogens is 2. The van der Waals surface area contributed by atoms with Gasteiger partial charge >= 0.3 is 12.6 Å². The minimum atomic E-state index is -3.57. The fourth-order valence-corrected chi connectivity index (χ4v) is 5.23. The van der Waals surface area contributed by atoms with Crippen molar-refractivity contribution in [3.05, 3.63) is 77.4 Å². The highest BCUT2D eigenvalue weighted by molar-refractivity contribution is 7.92. The van der Waals surface area contributed by atoms with Gasteiger partial charge in [-0.2, -0.15) is 8.78 Å². The molecule has 2 unspecified atom stereocenters. The lowest BCUT2D eigenvalue weighted by Gasteiger charge is -2.31. The van der Waals surface area contributed by atoms with E-state index in [1.807, 2.05) is 31.2 Å². The van der Waals surface area contributed by atoms with Gasteiger partial charge in [-0.1, -0.05) is 43.3 Å². The van der Waals surface area contributed by atoms with Gasteiger partial charge in [0.1, 0.15) is 17.6 Å². The first-order valence-electron chi connectivity index (χ1n) is 11.7. The SMILES string of the molecule is CCC(CCC(=O)O)c1cccc(C2Oc3cccc(OC(F)F)c3-c3ccc(NS(C)(=O)=O)cc32)c1. The van der Waals surface area contributed by atoms with Crippen molar-refractivity contribution in [3.63, 3.8) is 0 Å². The van der Waals surface area contributed by atoms with Gasteiger partial charge in [-0.3, -0.25) is 9.52 Å². The molecule has 0 amide bonds. The van der Waals surface area contributed by atoms with E-state index >= 15 is 0 Å². The molecule has 0 aliphatic carbocycles. The van der Waals surface area contributed by atoms with Crippen LogP contribution < -0.4 is 14.2 Å². The lowest BCUT2D eigenvalue weighted by molar-refractivity contribution is -0.137. The maximum Gasteiger partial charge on any atom is 0.387 e. The van der Waals surface area contributed by atoms with Crippen molar-refractivity contribution < 1.29 is 36.6 Å². The van der Waals surface area contributed by atoms with E-state index in [4.69, 9.17) is 14.6 Å². The van der Waals surface area contributed by atoms with E-state index in [2.05, 4.69) is 4.72 Å². The predicted octanol–water partition coefficient (Wildman–Crippen LogP) is 6.17. The Kier molecular flexibility index (Phi) is 7.68. The van der Waals surface area contributed by atoms with Gasteiger partial charge in [0.2, 0.25) is 10.0 Å². The third-order valence-corrected chi connectivity index (χ3v) is 6.85. The lowest BCUT2D eigenvalue weighted by Crippen LogP contribution is -2.18. The van der Waals surface area contributed by atoms with E-state index in [-0.39, 0.29) is 18.1 Å². The number of anilines is 1. The molecule has 1 aliphatic heterocycles. The number of carbonyl (C=O) groups is 1. The Morgan fingerprint density at radius 2 is 1.89 bits per heavy atom. The summed E-state index contributed by atoms with van der Waals surface area (Å²) in [4.78, 5) is 11.1. The quantitative estimate of drug-likeness (QED) is 0.325. The van der Waals surface area contributed by atoms with E-state index in [1.165, 1.54) is 6.07 Å². The fourth-order valence-electron chi connectivity index (χ4n) is 4.67. The molecule has 1 aliphatic rings. The summed E-state index contributed by atoms with van der Waals surface area (Å²) >= 11 is 0. The van der Waals surface area contributed by atoms with Crippen molar-refractivity contribution in [1.29, 1.82) is 0 Å². The number of carboxylic acids is 1. The molecule has 10 heteroatoms. The first-order valence-corrected chi connectivity index (χ1v) is 13.6. The van der Waals surface area contributed by atoms with Crippen LogP contribution in [0.3, 0.4) is 0 Å². The van der Waals surface area contributed by atoms with Crippen LogP contribution in [0.15, 0.2) is 60.7 Å². The summed E-state index contributed by atoms with van der Waals surface area (Å²) in [5.74, 6) is -0.536. The van der Waals surface area contributed by atoms with E-state index < -0.39 is 28.7 Å². The largest absolute Gasteiger partial charge is 0.481 e. The van der Waals surface area contributed by atoms with Gasteiger partial charge in [0.05, 0.1) is 11.8 Å². The third-order valence-electron chi connectivity index (χ3n) is 6.24. The minimum absolute atomic E-state index is 0.0238. The molecular weight excluding hydrogens is 504 g/mol. The van der Waals surface area contributed by atoms with Crippen LogP contribution in [-0.2, 0) is 14.8 Å². The Morgan fingerprint density at radius 1 is 1.14 bits per heavy atom. The van der Waals surface area contributed by atoms with Crippen molar-refractivity contribution in [3.8, 4) is 22.6 Å². The number of hydrogen-bond acceptors (Lipinski definition) is 5. The molecule has 0 bridgehead atoms. The number of nitrogens with one attached hydrogen (secondary N) is 1. The maximum atomic E-state index is 13.1. The van der Waals surface area contributed by atoms with Crippen LogP contribution in [0.5, 0.6) is 11.5 Å². The molecule has 0 aromatic heterocycles. The van der Waals surface area contributed by atoms with Crippen LogP contribution in [0.25, 0.3) is 11.1 Å². The first-order chi connectivity index (χ1) is 17.6. The van der Waals surface area contributed by atoms with Crippen LogP contribution in [0.4, 0.5) is 14.5 Å². The molecule has 3 aromatic rings. The number of benzene rings is 3. The smallest absolute Gasteiger partial charge is 0.387 e. The highest BCUT2D eigenvalue weighted by Crippen LogP contribution is 2.50. The number of aliphatic carboxylic acids is 1. The van der Waals surface area contributed by atoms with E-state index in [0.717, 1.165) is 23.8 Å². The minimum Gasteiger partial charge on any atom is -0.481 e. The second-order valence-corrected chi connectivity index (χ2v) is 10.6.